The number of para-hydroxylation sites is 1. The van der Waals surface area contributed by atoms with Gasteiger partial charge in [0.05, 0.1) is 9.95 Å². The number of non-ortho nitro benzene ring substituents is 1. The molecule has 0 N–H and O–H groups in total. The number of hydrogen-bond donors (Lipinski definition) is 0. The Labute approximate surface area is 149 Å². The minimum atomic E-state index is -0.434. The van der Waals surface area contributed by atoms with Crippen LogP contribution in [0.5, 0.6) is 0 Å². The molecule has 6 heteroatoms. The van der Waals surface area contributed by atoms with Crippen molar-refractivity contribution in [3.63, 3.8) is 0 Å². The molecule has 0 atom stereocenters. The van der Waals surface area contributed by atoms with Gasteiger partial charge in [-0.2, -0.15) is 0 Å². The van der Waals surface area contributed by atoms with Crippen LogP contribution in [0, 0.1) is 24.0 Å². The molecule has 1 aromatic heterocycles. The van der Waals surface area contributed by atoms with E-state index in [-0.39, 0.29) is 5.69 Å². The van der Waals surface area contributed by atoms with Crippen LogP contribution in [0.25, 0.3) is 16.8 Å². The lowest BCUT2D eigenvalue weighted by molar-refractivity contribution is -0.384. The largest absolute Gasteiger partial charge is 0.303 e. The van der Waals surface area contributed by atoms with E-state index in [0.29, 0.717) is 15.7 Å². The van der Waals surface area contributed by atoms with Crippen LogP contribution in [0.2, 0.25) is 10.2 Å². The van der Waals surface area contributed by atoms with Crippen molar-refractivity contribution in [1.29, 1.82) is 0 Å². The maximum atomic E-state index is 10.8. The van der Waals surface area contributed by atoms with Gasteiger partial charge in [-0.3, -0.25) is 10.1 Å². The Morgan fingerprint density at radius 2 is 1.62 bits per heavy atom. The molecule has 0 bridgehead atoms. The highest BCUT2D eigenvalue weighted by molar-refractivity contribution is 6.40. The molecule has 24 heavy (non-hydrogen) atoms. The smallest absolute Gasteiger partial charge is 0.269 e. The van der Waals surface area contributed by atoms with Gasteiger partial charge in [0.2, 0.25) is 0 Å². The number of nitro groups is 1. The molecule has 0 amide bonds. The van der Waals surface area contributed by atoms with E-state index in [1.54, 1.807) is 12.1 Å². The third kappa shape index (κ3) is 2.68. The van der Waals surface area contributed by atoms with Gasteiger partial charge in [-0.15, -0.1) is 0 Å². The summed E-state index contributed by atoms with van der Waals surface area (Å²) in [4.78, 5) is 10.4. The van der Waals surface area contributed by atoms with Gasteiger partial charge < -0.3 is 4.57 Å². The summed E-state index contributed by atoms with van der Waals surface area (Å²) in [5.74, 6) is 0. The summed E-state index contributed by atoms with van der Waals surface area (Å²) >= 11 is 13.1. The second-order valence-corrected chi connectivity index (χ2v) is 6.23. The van der Waals surface area contributed by atoms with Gasteiger partial charge in [-0.25, -0.2) is 0 Å². The highest BCUT2D eigenvalue weighted by Gasteiger charge is 2.21. The normalized spacial score (nSPS) is 10.8. The summed E-state index contributed by atoms with van der Waals surface area (Å²) in [6.45, 7) is 3.90. The van der Waals surface area contributed by atoms with E-state index < -0.39 is 4.92 Å². The van der Waals surface area contributed by atoms with E-state index in [0.717, 1.165) is 22.5 Å². The maximum absolute atomic E-state index is 10.8. The van der Waals surface area contributed by atoms with Crippen LogP contribution >= 0.6 is 23.2 Å². The molecule has 2 aromatic carbocycles. The van der Waals surface area contributed by atoms with Crippen molar-refractivity contribution >= 4 is 28.9 Å². The predicted molar refractivity (Wildman–Crippen MR) is 97.4 cm³/mol. The molecule has 3 rings (SSSR count). The minimum absolute atomic E-state index is 0.0288. The van der Waals surface area contributed by atoms with Crippen molar-refractivity contribution in [1.82, 2.24) is 4.57 Å². The Balaban J connectivity index is 2.19. The van der Waals surface area contributed by atoms with Crippen LogP contribution < -0.4 is 0 Å². The van der Waals surface area contributed by atoms with Crippen LogP contribution in [0.15, 0.2) is 48.5 Å². The SMILES string of the molecule is Cc1ccccc1-n1c(C)c(Cl)c(-c2ccc([N+](=O)[O-])cc2)c1Cl. The Morgan fingerprint density at radius 1 is 1.00 bits per heavy atom. The fourth-order valence-electron chi connectivity index (χ4n) is 2.73. The van der Waals surface area contributed by atoms with Crippen molar-refractivity contribution in [3.05, 3.63) is 80.1 Å². The molecule has 0 unspecified atom stereocenters. The number of aryl methyl sites for hydroxylation is 1. The molecule has 122 valence electrons. The second kappa shape index (κ2) is 6.30. The molecule has 0 aliphatic heterocycles. The van der Waals surface area contributed by atoms with E-state index in [9.17, 15) is 10.1 Å². The molecule has 0 radical (unpaired) electrons. The molecular formula is C18H14Cl2N2O2. The van der Waals surface area contributed by atoms with Gasteiger partial charge in [-0.05, 0) is 43.2 Å². The highest BCUT2D eigenvalue weighted by atomic mass is 35.5. The van der Waals surface area contributed by atoms with Gasteiger partial charge in [0, 0.05) is 29.1 Å². The number of aromatic nitrogens is 1. The number of rotatable bonds is 3. The molecule has 0 fully saturated rings. The molecule has 1 heterocycles. The first-order valence-corrected chi connectivity index (χ1v) is 8.04. The third-order valence-electron chi connectivity index (χ3n) is 4.00. The lowest BCUT2D eigenvalue weighted by atomic mass is 10.1. The minimum Gasteiger partial charge on any atom is -0.303 e. The van der Waals surface area contributed by atoms with Crippen molar-refractivity contribution in [3.8, 4) is 16.8 Å². The van der Waals surface area contributed by atoms with Crippen LogP contribution in [0.1, 0.15) is 11.3 Å². The van der Waals surface area contributed by atoms with Gasteiger partial charge in [0.1, 0.15) is 5.15 Å². The highest BCUT2D eigenvalue weighted by Crippen LogP contribution is 2.41. The summed E-state index contributed by atoms with van der Waals surface area (Å²) in [6, 6.07) is 14.1. The fraction of sp³-hybridized carbons (Fsp3) is 0.111. The van der Waals surface area contributed by atoms with Crippen molar-refractivity contribution < 1.29 is 4.92 Å². The Kier molecular flexibility index (Phi) is 4.35. The Bertz CT molecular complexity index is 931. The van der Waals surface area contributed by atoms with E-state index in [1.807, 2.05) is 42.7 Å². The standard InChI is InChI=1S/C18H14Cl2N2O2/c1-11-5-3-4-6-15(11)21-12(2)17(19)16(18(21)20)13-7-9-14(10-8-13)22(23)24/h3-10H,1-2H3. The molecule has 0 saturated carbocycles. The summed E-state index contributed by atoms with van der Waals surface area (Å²) in [5, 5.41) is 11.8. The van der Waals surface area contributed by atoms with Gasteiger partial charge in [-0.1, -0.05) is 41.4 Å². The van der Waals surface area contributed by atoms with Gasteiger partial charge in [0.15, 0.2) is 0 Å². The Hall–Kier alpha value is -2.30. The quantitative estimate of drug-likeness (QED) is 0.426. The zero-order valence-electron chi connectivity index (χ0n) is 13.1. The number of hydrogen-bond acceptors (Lipinski definition) is 2. The van der Waals surface area contributed by atoms with Gasteiger partial charge >= 0.3 is 0 Å². The summed E-state index contributed by atoms with van der Waals surface area (Å²) in [5.41, 5.74) is 4.30. The van der Waals surface area contributed by atoms with Crippen LogP contribution in [-0.4, -0.2) is 9.49 Å². The van der Waals surface area contributed by atoms with Crippen molar-refractivity contribution in [2.24, 2.45) is 0 Å². The monoisotopic (exact) mass is 360 g/mol. The fourth-order valence-corrected chi connectivity index (χ4v) is 3.48. The second-order valence-electron chi connectivity index (χ2n) is 5.49. The molecular weight excluding hydrogens is 347 g/mol. The first-order chi connectivity index (χ1) is 11.4. The number of nitrogens with zero attached hydrogens (tertiary/aromatic N) is 2. The lowest BCUT2D eigenvalue weighted by Gasteiger charge is -2.11. The first-order valence-electron chi connectivity index (χ1n) is 7.29. The first kappa shape index (κ1) is 16.6. The van der Waals surface area contributed by atoms with E-state index in [4.69, 9.17) is 23.2 Å². The molecule has 0 saturated heterocycles. The van der Waals surface area contributed by atoms with Crippen molar-refractivity contribution in [2.45, 2.75) is 13.8 Å². The third-order valence-corrected chi connectivity index (χ3v) is 4.82. The topological polar surface area (TPSA) is 48.1 Å². The maximum Gasteiger partial charge on any atom is 0.269 e. The zero-order chi connectivity index (χ0) is 17.4. The molecule has 0 spiro atoms. The van der Waals surface area contributed by atoms with Gasteiger partial charge in [0.25, 0.3) is 5.69 Å². The average Bonchev–Trinajstić information content (AvgIpc) is 2.78. The summed E-state index contributed by atoms with van der Waals surface area (Å²) in [6.07, 6.45) is 0. The average molecular weight is 361 g/mol. The number of benzene rings is 2. The van der Waals surface area contributed by atoms with E-state index in [1.165, 1.54) is 12.1 Å². The molecule has 3 aromatic rings. The van der Waals surface area contributed by atoms with Crippen LogP contribution in [0.3, 0.4) is 0 Å². The van der Waals surface area contributed by atoms with Crippen LogP contribution in [0.4, 0.5) is 5.69 Å². The number of nitro benzene ring substituents is 1. The molecule has 0 aliphatic rings. The Morgan fingerprint density at radius 3 is 2.21 bits per heavy atom. The summed E-state index contributed by atoms with van der Waals surface area (Å²) in [7, 11) is 0. The van der Waals surface area contributed by atoms with Crippen molar-refractivity contribution in [2.75, 3.05) is 0 Å². The zero-order valence-corrected chi connectivity index (χ0v) is 14.6. The predicted octanol–water partition coefficient (Wildman–Crippen LogP) is 5.98. The van der Waals surface area contributed by atoms with E-state index in [2.05, 4.69) is 0 Å². The lowest BCUT2D eigenvalue weighted by Crippen LogP contribution is -1.99. The molecule has 4 nitrogen and oxygen atoms in total. The van der Waals surface area contributed by atoms with Crippen LogP contribution in [-0.2, 0) is 0 Å². The van der Waals surface area contributed by atoms with E-state index >= 15 is 0 Å². The number of halogens is 2. The summed E-state index contributed by atoms with van der Waals surface area (Å²) < 4.78 is 1.90. The molecule has 0 aliphatic carbocycles.